The van der Waals surface area contributed by atoms with Crippen molar-refractivity contribution in [2.75, 3.05) is 20.3 Å². The van der Waals surface area contributed by atoms with Gasteiger partial charge in [0.05, 0.1) is 0 Å². The number of ether oxygens (including phenoxy) is 1. The van der Waals surface area contributed by atoms with Crippen molar-refractivity contribution in [2.24, 2.45) is 0 Å². The molecule has 15 heavy (non-hydrogen) atoms. The van der Waals surface area contributed by atoms with E-state index in [1.165, 1.54) is 11.3 Å². The van der Waals surface area contributed by atoms with Crippen molar-refractivity contribution in [3.8, 4) is 0 Å². The normalized spacial score (nSPS) is 15.0. The van der Waals surface area contributed by atoms with Gasteiger partial charge >= 0.3 is 0 Å². The summed E-state index contributed by atoms with van der Waals surface area (Å²) in [5, 5.41) is 3.31. The summed E-state index contributed by atoms with van der Waals surface area (Å²) in [4.78, 5) is 8.94. The third-order valence-electron chi connectivity index (χ3n) is 2.61. The van der Waals surface area contributed by atoms with E-state index in [4.69, 9.17) is 4.74 Å². The quantitative estimate of drug-likeness (QED) is 0.738. The van der Waals surface area contributed by atoms with Gasteiger partial charge < -0.3 is 10.1 Å². The van der Waals surface area contributed by atoms with Crippen LogP contribution >= 0.6 is 0 Å². The minimum absolute atomic E-state index is 0.780. The van der Waals surface area contributed by atoms with E-state index in [2.05, 4.69) is 15.3 Å². The zero-order chi connectivity index (χ0) is 10.5. The number of aryl methyl sites for hydroxylation is 1. The number of aromatic nitrogens is 2. The largest absolute Gasteiger partial charge is 0.385 e. The van der Waals surface area contributed by atoms with Crippen molar-refractivity contribution in [1.29, 1.82) is 0 Å². The van der Waals surface area contributed by atoms with E-state index in [0.29, 0.717) is 0 Å². The van der Waals surface area contributed by atoms with Gasteiger partial charge in [-0.3, -0.25) is 0 Å². The van der Waals surface area contributed by atoms with Gasteiger partial charge in [0.1, 0.15) is 5.82 Å². The highest BCUT2D eigenvalue weighted by molar-refractivity contribution is 5.20. The maximum absolute atomic E-state index is 5.01. The molecule has 0 saturated heterocycles. The van der Waals surface area contributed by atoms with Gasteiger partial charge in [-0.25, -0.2) is 9.97 Å². The SMILES string of the molecule is COCCCc1ncc2c(n1)CCNC2. The van der Waals surface area contributed by atoms with Crippen LogP contribution < -0.4 is 5.32 Å². The fraction of sp³-hybridized carbons (Fsp3) is 0.636. The van der Waals surface area contributed by atoms with Crippen LogP contribution in [0.5, 0.6) is 0 Å². The van der Waals surface area contributed by atoms with Gasteiger partial charge in [-0.1, -0.05) is 0 Å². The van der Waals surface area contributed by atoms with Crippen LogP contribution in [0.4, 0.5) is 0 Å². The summed E-state index contributed by atoms with van der Waals surface area (Å²) in [6, 6.07) is 0. The van der Waals surface area contributed by atoms with E-state index in [0.717, 1.165) is 44.8 Å². The zero-order valence-electron chi connectivity index (χ0n) is 9.12. The first kappa shape index (κ1) is 10.5. The first-order chi connectivity index (χ1) is 7.40. The number of nitrogens with one attached hydrogen (secondary N) is 1. The van der Waals surface area contributed by atoms with Gasteiger partial charge in [-0.15, -0.1) is 0 Å². The number of hydrogen-bond donors (Lipinski definition) is 1. The van der Waals surface area contributed by atoms with Crippen LogP contribution in [-0.4, -0.2) is 30.2 Å². The molecule has 82 valence electrons. The Hall–Kier alpha value is -1.00. The second-order valence-electron chi connectivity index (χ2n) is 3.78. The number of rotatable bonds is 4. The third-order valence-corrected chi connectivity index (χ3v) is 2.61. The third kappa shape index (κ3) is 2.73. The number of fused-ring (bicyclic) bond motifs is 1. The molecule has 4 heteroatoms. The van der Waals surface area contributed by atoms with Gasteiger partial charge in [0.25, 0.3) is 0 Å². The van der Waals surface area contributed by atoms with E-state index in [-0.39, 0.29) is 0 Å². The average molecular weight is 207 g/mol. The highest BCUT2D eigenvalue weighted by Gasteiger charge is 2.10. The molecule has 1 aromatic rings. The second-order valence-corrected chi connectivity index (χ2v) is 3.78. The lowest BCUT2D eigenvalue weighted by molar-refractivity contribution is 0.194. The Morgan fingerprint density at radius 2 is 2.47 bits per heavy atom. The Morgan fingerprint density at radius 1 is 1.53 bits per heavy atom. The van der Waals surface area contributed by atoms with Crippen LogP contribution in [0.3, 0.4) is 0 Å². The smallest absolute Gasteiger partial charge is 0.128 e. The second kappa shape index (κ2) is 5.19. The van der Waals surface area contributed by atoms with Crippen LogP contribution in [0.2, 0.25) is 0 Å². The molecule has 0 saturated carbocycles. The maximum Gasteiger partial charge on any atom is 0.128 e. The maximum atomic E-state index is 5.01. The molecule has 2 rings (SSSR count). The van der Waals surface area contributed by atoms with Gasteiger partial charge in [0.15, 0.2) is 0 Å². The van der Waals surface area contributed by atoms with Gasteiger partial charge in [0.2, 0.25) is 0 Å². The van der Waals surface area contributed by atoms with E-state index < -0.39 is 0 Å². The minimum Gasteiger partial charge on any atom is -0.385 e. The van der Waals surface area contributed by atoms with Crippen molar-refractivity contribution < 1.29 is 4.74 Å². The lowest BCUT2D eigenvalue weighted by atomic mass is 10.1. The highest BCUT2D eigenvalue weighted by Crippen LogP contribution is 2.10. The lowest BCUT2D eigenvalue weighted by Crippen LogP contribution is -2.25. The van der Waals surface area contributed by atoms with E-state index in [1.807, 2.05) is 6.20 Å². The van der Waals surface area contributed by atoms with Crippen LogP contribution in [0, 0.1) is 0 Å². The number of nitrogens with zero attached hydrogens (tertiary/aromatic N) is 2. The molecule has 0 fully saturated rings. The molecule has 0 bridgehead atoms. The molecular formula is C11H17N3O. The number of hydrogen-bond acceptors (Lipinski definition) is 4. The molecule has 2 heterocycles. The van der Waals surface area contributed by atoms with E-state index >= 15 is 0 Å². The monoisotopic (exact) mass is 207 g/mol. The fourth-order valence-corrected chi connectivity index (χ4v) is 1.77. The van der Waals surface area contributed by atoms with Crippen LogP contribution in [0.1, 0.15) is 23.5 Å². The lowest BCUT2D eigenvalue weighted by Gasteiger charge is -2.15. The minimum atomic E-state index is 0.780. The van der Waals surface area contributed by atoms with Gasteiger partial charge in [0, 0.05) is 57.1 Å². The Morgan fingerprint density at radius 3 is 3.33 bits per heavy atom. The molecule has 0 atom stereocenters. The molecule has 0 aliphatic carbocycles. The Balaban J connectivity index is 2.00. The van der Waals surface area contributed by atoms with E-state index in [1.54, 1.807) is 7.11 Å². The number of methoxy groups -OCH3 is 1. The molecule has 0 aromatic carbocycles. The average Bonchev–Trinajstić information content (AvgIpc) is 2.29. The first-order valence-corrected chi connectivity index (χ1v) is 5.43. The summed E-state index contributed by atoms with van der Waals surface area (Å²) in [6.45, 7) is 2.72. The molecule has 1 aromatic heterocycles. The molecule has 1 aliphatic heterocycles. The predicted octanol–water partition coefficient (Wildman–Crippen LogP) is 0.701. The molecule has 0 unspecified atom stereocenters. The molecule has 0 radical (unpaired) electrons. The van der Waals surface area contributed by atoms with Crippen LogP contribution in [0.25, 0.3) is 0 Å². The summed E-state index contributed by atoms with van der Waals surface area (Å²) < 4.78 is 5.01. The Labute approximate surface area is 90.1 Å². The first-order valence-electron chi connectivity index (χ1n) is 5.43. The summed E-state index contributed by atoms with van der Waals surface area (Å²) in [5.41, 5.74) is 2.47. The van der Waals surface area contributed by atoms with Crippen molar-refractivity contribution in [3.05, 3.63) is 23.3 Å². The molecule has 0 amide bonds. The summed E-state index contributed by atoms with van der Waals surface area (Å²) in [7, 11) is 1.72. The molecule has 1 aliphatic rings. The molecule has 1 N–H and O–H groups in total. The van der Waals surface area contributed by atoms with Crippen LogP contribution in [-0.2, 0) is 24.1 Å². The highest BCUT2D eigenvalue weighted by atomic mass is 16.5. The topological polar surface area (TPSA) is 47.0 Å². The van der Waals surface area contributed by atoms with Crippen molar-refractivity contribution in [3.63, 3.8) is 0 Å². The molecular weight excluding hydrogens is 190 g/mol. The van der Waals surface area contributed by atoms with E-state index in [9.17, 15) is 0 Å². The Bertz CT molecular complexity index is 328. The Kier molecular flexibility index (Phi) is 3.64. The fourth-order valence-electron chi connectivity index (χ4n) is 1.77. The zero-order valence-corrected chi connectivity index (χ0v) is 9.12. The van der Waals surface area contributed by atoms with Crippen molar-refractivity contribution in [2.45, 2.75) is 25.8 Å². The summed E-state index contributed by atoms with van der Waals surface area (Å²) in [5.74, 6) is 0.952. The summed E-state index contributed by atoms with van der Waals surface area (Å²) >= 11 is 0. The van der Waals surface area contributed by atoms with Crippen molar-refractivity contribution in [1.82, 2.24) is 15.3 Å². The van der Waals surface area contributed by atoms with Gasteiger partial charge in [-0.2, -0.15) is 0 Å². The van der Waals surface area contributed by atoms with Gasteiger partial charge in [-0.05, 0) is 6.42 Å². The molecule has 4 nitrogen and oxygen atoms in total. The van der Waals surface area contributed by atoms with Crippen LogP contribution in [0.15, 0.2) is 6.20 Å². The standard InChI is InChI=1S/C11H17N3O/c1-15-6-2-3-11-13-8-9-7-12-5-4-10(9)14-11/h8,12H,2-7H2,1H3. The summed E-state index contributed by atoms with van der Waals surface area (Å²) in [6.07, 6.45) is 4.88. The van der Waals surface area contributed by atoms with Crippen molar-refractivity contribution >= 4 is 0 Å². The molecule has 0 spiro atoms. The predicted molar refractivity (Wildman–Crippen MR) is 57.6 cm³/mol.